The van der Waals surface area contributed by atoms with E-state index in [1.807, 2.05) is 0 Å². The minimum atomic E-state index is 0.572. The van der Waals surface area contributed by atoms with Crippen LogP contribution in [0.1, 0.15) is 13.8 Å². The fraction of sp³-hybridized carbons (Fsp3) is 0.714. The van der Waals surface area contributed by atoms with E-state index < -0.39 is 0 Å². The second-order valence-corrected chi connectivity index (χ2v) is 4.50. The third-order valence-corrected chi connectivity index (χ3v) is 3.20. The summed E-state index contributed by atoms with van der Waals surface area (Å²) >= 11 is 7.75. The predicted octanol–water partition coefficient (Wildman–Crippen LogP) is 2.69. The van der Waals surface area contributed by atoms with Crippen LogP contribution in [0.3, 0.4) is 0 Å². The van der Waals surface area contributed by atoms with Gasteiger partial charge in [-0.2, -0.15) is 0 Å². The molecule has 0 saturated carbocycles. The quantitative estimate of drug-likeness (QED) is 0.567. The van der Waals surface area contributed by atoms with Crippen molar-refractivity contribution in [2.45, 2.75) is 13.8 Å². The third kappa shape index (κ3) is 1.68. The summed E-state index contributed by atoms with van der Waals surface area (Å²) in [6.07, 6.45) is 0. The Labute approximate surface area is 71.6 Å². The van der Waals surface area contributed by atoms with Gasteiger partial charge in [0, 0.05) is 16.5 Å². The Bertz CT molecular complexity index is 165. The van der Waals surface area contributed by atoms with Gasteiger partial charge in [0.05, 0.1) is 0 Å². The number of allylic oxidation sites excluding steroid dienone is 1. The number of hydrogen-bond acceptors (Lipinski definition) is 2. The van der Waals surface area contributed by atoms with Crippen LogP contribution in [-0.2, 0) is 0 Å². The maximum atomic E-state index is 5.99. The van der Waals surface area contributed by atoms with Crippen molar-refractivity contribution in [2.75, 3.05) is 13.6 Å². The molecule has 0 amide bonds. The van der Waals surface area contributed by atoms with Gasteiger partial charge in [0.25, 0.3) is 0 Å². The van der Waals surface area contributed by atoms with Crippen LogP contribution in [-0.4, -0.2) is 17.9 Å². The first kappa shape index (κ1) is 8.44. The molecule has 0 aromatic heterocycles. The summed E-state index contributed by atoms with van der Waals surface area (Å²) in [5, 5.41) is 1.02. The normalized spacial score (nSPS) is 21.3. The molecule has 1 aliphatic rings. The van der Waals surface area contributed by atoms with Gasteiger partial charge in [-0.1, -0.05) is 25.4 Å². The lowest BCUT2D eigenvalue weighted by molar-refractivity contribution is 0.645. The molecule has 0 aliphatic carbocycles. The molecule has 58 valence electrons. The first-order chi connectivity index (χ1) is 4.61. The molecule has 0 N–H and O–H groups in total. The Kier molecular flexibility index (Phi) is 2.67. The molecule has 1 rings (SSSR count). The fourth-order valence-corrected chi connectivity index (χ4v) is 2.42. The lowest BCUT2D eigenvalue weighted by Crippen LogP contribution is -2.03. The molecule has 1 nitrogen and oxygen atoms in total. The van der Waals surface area contributed by atoms with E-state index in [-0.39, 0.29) is 0 Å². The highest BCUT2D eigenvalue weighted by Crippen LogP contribution is 2.37. The van der Waals surface area contributed by atoms with Gasteiger partial charge >= 0.3 is 0 Å². The Morgan fingerprint density at radius 3 is 2.40 bits per heavy atom. The van der Waals surface area contributed by atoms with Crippen LogP contribution in [0.5, 0.6) is 0 Å². The molecule has 1 heterocycles. The summed E-state index contributed by atoms with van der Waals surface area (Å²) in [5.74, 6) is 0.572. The van der Waals surface area contributed by atoms with Crippen molar-refractivity contribution in [1.29, 1.82) is 0 Å². The molecule has 0 aromatic carbocycles. The van der Waals surface area contributed by atoms with Crippen molar-refractivity contribution in [3.63, 3.8) is 0 Å². The highest BCUT2D eigenvalue weighted by atomic mass is 35.5. The van der Waals surface area contributed by atoms with E-state index in [9.17, 15) is 0 Å². The van der Waals surface area contributed by atoms with Crippen molar-refractivity contribution >= 4 is 23.5 Å². The van der Waals surface area contributed by atoms with Crippen LogP contribution in [0.15, 0.2) is 9.94 Å². The largest absolute Gasteiger partial charge is 0.244 e. The number of likely N-dealkylation sites (N-methyl/N-ethyl adjacent to an activating group) is 1. The van der Waals surface area contributed by atoms with Crippen LogP contribution < -0.4 is 0 Å². The smallest absolute Gasteiger partial charge is 0.0457 e. The summed E-state index contributed by atoms with van der Waals surface area (Å²) in [4.78, 5) is 1.32. The topological polar surface area (TPSA) is 3.24 Å². The minimum Gasteiger partial charge on any atom is -0.244 e. The summed E-state index contributed by atoms with van der Waals surface area (Å²) in [6.45, 7) is 5.24. The number of halogens is 1. The Morgan fingerprint density at radius 2 is 2.20 bits per heavy atom. The van der Waals surface area contributed by atoms with Crippen molar-refractivity contribution in [2.24, 2.45) is 5.92 Å². The zero-order valence-corrected chi connectivity index (χ0v) is 8.09. The summed E-state index contributed by atoms with van der Waals surface area (Å²) in [6, 6.07) is 0. The molecule has 0 radical (unpaired) electrons. The predicted molar refractivity (Wildman–Crippen MR) is 47.9 cm³/mol. The highest BCUT2D eigenvalue weighted by Gasteiger charge is 2.20. The molecule has 0 saturated heterocycles. The van der Waals surface area contributed by atoms with Crippen molar-refractivity contribution in [1.82, 2.24) is 4.31 Å². The third-order valence-electron chi connectivity index (χ3n) is 1.41. The molecule has 10 heavy (non-hydrogen) atoms. The average molecular weight is 178 g/mol. The van der Waals surface area contributed by atoms with Gasteiger partial charge in [-0.15, -0.1) is 0 Å². The zero-order chi connectivity index (χ0) is 7.72. The highest BCUT2D eigenvalue weighted by molar-refractivity contribution is 8.01. The molecule has 0 bridgehead atoms. The first-order valence-electron chi connectivity index (χ1n) is 3.39. The molecular formula is C7H12ClNS. The van der Waals surface area contributed by atoms with Crippen LogP contribution in [0.25, 0.3) is 0 Å². The second kappa shape index (κ2) is 3.16. The van der Waals surface area contributed by atoms with Gasteiger partial charge in [0.1, 0.15) is 0 Å². The Hall–Kier alpha value is 0.340. The molecule has 0 fully saturated rings. The molecule has 0 atom stereocenters. The van der Waals surface area contributed by atoms with E-state index in [1.165, 1.54) is 4.91 Å². The van der Waals surface area contributed by atoms with E-state index in [1.54, 1.807) is 11.9 Å². The monoisotopic (exact) mass is 177 g/mol. The molecule has 0 spiro atoms. The maximum Gasteiger partial charge on any atom is 0.0457 e. The van der Waals surface area contributed by atoms with Crippen LogP contribution in [0.2, 0.25) is 0 Å². The summed E-state index contributed by atoms with van der Waals surface area (Å²) in [5.41, 5.74) is 0. The summed E-state index contributed by atoms with van der Waals surface area (Å²) in [7, 11) is 2.06. The van der Waals surface area contributed by atoms with Crippen molar-refractivity contribution in [3.05, 3.63) is 9.94 Å². The zero-order valence-electron chi connectivity index (χ0n) is 6.52. The number of rotatable bonds is 1. The molecule has 3 heteroatoms. The van der Waals surface area contributed by atoms with Crippen LogP contribution in [0, 0.1) is 5.92 Å². The Morgan fingerprint density at radius 1 is 1.60 bits per heavy atom. The SMILES string of the molecule is CC(C)C1=C(Cl)CN(C)S1. The molecule has 0 aromatic rings. The molecule has 0 unspecified atom stereocenters. The maximum absolute atomic E-state index is 5.99. The van der Waals surface area contributed by atoms with E-state index >= 15 is 0 Å². The van der Waals surface area contributed by atoms with Gasteiger partial charge in [-0.3, -0.25) is 0 Å². The first-order valence-corrected chi connectivity index (χ1v) is 4.54. The molecular weight excluding hydrogens is 166 g/mol. The number of nitrogens with zero attached hydrogens (tertiary/aromatic N) is 1. The van der Waals surface area contributed by atoms with Crippen LogP contribution in [0.4, 0.5) is 0 Å². The van der Waals surface area contributed by atoms with Crippen molar-refractivity contribution < 1.29 is 0 Å². The summed E-state index contributed by atoms with van der Waals surface area (Å²) < 4.78 is 2.15. The van der Waals surface area contributed by atoms with E-state index in [0.717, 1.165) is 11.6 Å². The minimum absolute atomic E-state index is 0.572. The van der Waals surface area contributed by atoms with E-state index in [4.69, 9.17) is 11.6 Å². The standard InChI is InChI=1S/C7H12ClNS/c1-5(2)7-6(8)4-9(3)10-7/h5H,4H2,1-3H3. The lowest BCUT2D eigenvalue weighted by atomic mass is 10.2. The molecule has 1 aliphatic heterocycles. The Balaban J connectivity index is 2.66. The van der Waals surface area contributed by atoms with Crippen LogP contribution >= 0.6 is 23.5 Å². The lowest BCUT2D eigenvalue weighted by Gasteiger charge is -2.07. The fourth-order valence-electron chi connectivity index (χ4n) is 0.942. The second-order valence-electron chi connectivity index (χ2n) is 2.80. The number of hydrogen-bond donors (Lipinski definition) is 0. The average Bonchev–Trinajstić information content (AvgIpc) is 2.10. The van der Waals surface area contributed by atoms with Gasteiger partial charge in [0.15, 0.2) is 0 Å². The van der Waals surface area contributed by atoms with Crippen molar-refractivity contribution in [3.8, 4) is 0 Å². The van der Waals surface area contributed by atoms with Gasteiger partial charge in [-0.25, -0.2) is 4.31 Å². The van der Waals surface area contributed by atoms with E-state index in [0.29, 0.717) is 5.92 Å². The van der Waals surface area contributed by atoms with E-state index in [2.05, 4.69) is 25.2 Å². The van der Waals surface area contributed by atoms with Gasteiger partial charge < -0.3 is 0 Å². The van der Waals surface area contributed by atoms with Gasteiger partial charge in [-0.05, 0) is 24.9 Å². The van der Waals surface area contributed by atoms with Gasteiger partial charge in [0.2, 0.25) is 0 Å².